The van der Waals surface area contributed by atoms with Gasteiger partial charge in [0, 0.05) is 13.0 Å². The van der Waals surface area contributed by atoms with E-state index in [1.807, 2.05) is 0 Å². The Morgan fingerprint density at radius 2 is 1.72 bits per heavy atom. The van der Waals surface area contributed by atoms with E-state index < -0.39 is 6.04 Å². The molecule has 5 fully saturated rings. The second-order valence-electron chi connectivity index (χ2n) is 13.7. The molecule has 1 aliphatic heterocycles. The number of nitrogens with zero attached hydrogens (tertiary/aromatic N) is 1. The van der Waals surface area contributed by atoms with Gasteiger partial charge in [0.05, 0.1) is 19.3 Å². The normalized spacial score (nSPS) is 47.0. The minimum absolute atomic E-state index is 0.0966. The summed E-state index contributed by atoms with van der Waals surface area (Å²) in [4.78, 5) is 26.9. The van der Waals surface area contributed by atoms with E-state index in [2.05, 4.69) is 20.8 Å². The van der Waals surface area contributed by atoms with Crippen LogP contribution in [0.2, 0.25) is 0 Å². The van der Waals surface area contributed by atoms with Gasteiger partial charge in [-0.25, -0.2) is 4.79 Å². The van der Waals surface area contributed by atoms with Gasteiger partial charge < -0.3 is 19.8 Å². The van der Waals surface area contributed by atoms with Crippen molar-refractivity contribution in [2.45, 2.75) is 116 Å². The first-order chi connectivity index (χ1) is 17.1. The van der Waals surface area contributed by atoms with E-state index in [0.717, 1.165) is 38.5 Å². The molecule has 0 spiro atoms. The second kappa shape index (κ2) is 9.87. The highest BCUT2D eigenvalue weighted by Gasteiger charge is 2.62. The Labute approximate surface area is 217 Å². The van der Waals surface area contributed by atoms with Crippen LogP contribution in [0.25, 0.3) is 0 Å². The van der Waals surface area contributed by atoms with Crippen LogP contribution in [0, 0.1) is 46.3 Å². The van der Waals surface area contributed by atoms with Crippen molar-refractivity contribution in [1.29, 1.82) is 0 Å². The molecule has 11 atom stereocenters. The van der Waals surface area contributed by atoms with Gasteiger partial charge in [0.1, 0.15) is 6.04 Å². The molecule has 0 aromatic rings. The third kappa shape index (κ3) is 4.22. The highest BCUT2D eigenvalue weighted by atomic mass is 16.5. The summed E-state index contributed by atoms with van der Waals surface area (Å²) in [7, 11) is 1.40. The van der Waals surface area contributed by atoms with Gasteiger partial charge in [-0.2, -0.15) is 0 Å². The first-order valence-corrected chi connectivity index (χ1v) is 14.8. The Kier molecular flexibility index (Phi) is 7.26. The predicted molar refractivity (Wildman–Crippen MR) is 138 cm³/mol. The van der Waals surface area contributed by atoms with Gasteiger partial charge in [0.2, 0.25) is 5.91 Å². The summed E-state index contributed by atoms with van der Waals surface area (Å²) in [5.41, 5.74) is 0.483. The van der Waals surface area contributed by atoms with Crippen LogP contribution in [-0.2, 0) is 14.3 Å². The molecule has 0 aromatic carbocycles. The number of carbonyl (C=O) groups is 2. The maximum atomic E-state index is 13.0. The van der Waals surface area contributed by atoms with Gasteiger partial charge in [0.25, 0.3) is 0 Å². The summed E-state index contributed by atoms with van der Waals surface area (Å²) in [6.07, 6.45) is 11.0. The lowest BCUT2D eigenvalue weighted by atomic mass is 9.43. The second-order valence-corrected chi connectivity index (χ2v) is 13.7. The zero-order valence-electron chi connectivity index (χ0n) is 23.0. The Bertz CT molecular complexity index is 847. The zero-order valence-corrected chi connectivity index (χ0v) is 23.0. The molecule has 2 N–H and O–H groups in total. The minimum atomic E-state index is -0.402. The summed E-state index contributed by atoms with van der Waals surface area (Å²) in [5.74, 6) is 2.79. The highest BCUT2D eigenvalue weighted by molar-refractivity contribution is 5.85. The quantitative estimate of drug-likeness (QED) is 0.537. The third-order valence-corrected chi connectivity index (χ3v) is 12.3. The molecule has 204 valence electrons. The fourth-order valence-electron chi connectivity index (χ4n) is 10.3. The number of esters is 1. The van der Waals surface area contributed by atoms with E-state index in [-0.39, 0.29) is 34.9 Å². The molecule has 5 aliphatic rings. The van der Waals surface area contributed by atoms with Crippen LogP contribution in [0.1, 0.15) is 97.8 Å². The number of likely N-dealkylation sites (tertiary alicyclic amines) is 1. The topological polar surface area (TPSA) is 87.1 Å². The lowest BCUT2D eigenvalue weighted by Crippen LogP contribution is -2.58. The molecular weight excluding hydrogens is 454 g/mol. The standard InChI is InChI=1S/C30H49NO5/c1-18(7-10-26(34)31-15-5-6-24(31)28(35)36-4)21-8-9-22-27-23(12-14-30(21,22)3)29(2)13-11-20(32)16-19(29)17-25(27)33/h18-25,27,32-33H,5-17H2,1-4H3/t18-,19+,20-,21-,22+,23+,24?,25-,27+,29+,30-/m1/s1. The first kappa shape index (κ1) is 26.5. The van der Waals surface area contributed by atoms with Crippen molar-refractivity contribution in [3.05, 3.63) is 0 Å². The molecule has 36 heavy (non-hydrogen) atoms. The molecule has 0 radical (unpaired) electrons. The molecular formula is C30H49NO5. The van der Waals surface area contributed by atoms with Gasteiger partial charge in [-0.15, -0.1) is 0 Å². The Balaban J connectivity index is 1.25. The Morgan fingerprint density at radius 1 is 1.00 bits per heavy atom. The minimum Gasteiger partial charge on any atom is -0.467 e. The number of carbonyl (C=O) groups excluding carboxylic acids is 2. The number of hydrogen-bond donors (Lipinski definition) is 2. The van der Waals surface area contributed by atoms with Crippen LogP contribution >= 0.6 is 0 Å². The first-order valence-electron chi connectivity index (χ1n) is 14.8. The molecule has 4 aliphatic carbocycles. The number of methoxy groups -OCH3 is 1. The Morgan fingerprint density at radius 3 is 2.47 bits per heavy atom. The van der Waals surface area contributed by atoms with E-state index >= 15 is 0 Å². The SMILES string of the molecule is COC(=O)C1CCCN1C(=O)CC[C@@H](C)[C@H]1CC[C@H]2[C@@H]3[C@H](O)C[C@@H]4C[C@H](O)CC[C@]4(C)[C@H]3CC[C@]12C. The van der Waals surface area contributed by atoms with E-state index in [1.54, 1.807) is 4.90 Å². The maximum Gasteiger partial charge on any atom is 0.328 e. The van der Waals surface area contributed by atoms with Crippen LogP contribution in [0.5, 0.6) is 0 Å². The fraction of sp³-hybridized carbons (Fsp3) is 0.933. The van der Waals surface area contributed by atoms with Crippen LogP contribution in [0.4, 0.5) is 0 Å². The molecule has 4 saturated carbocycles. The van der Waals surface area contributed by atoms with Gasteiger partial charge in [-0.05, 0) is 117 Å². The number of aliphatic hydroxyl groups excluding tert-OH is 2. The number of ether oxygens (including phenoxy) is 1. The monoisotopic (exact) mass is 503 g/mol. The Hall–Kier alpha value is -1.14. The number of aliphatic hydroxyl groups is 2. The van der Waals surface area contributed by atoms with Crippen molar-refractivity contribution in [1.82, 2.24) is 4.90 Å². The van der Waals surface area contributed by atoms with Crippen molar-refractivity contribution in [3.63, 3.8) is 0 Å². The van der Waals surface area contributed by atoms with Gasteiger partial charge >= 0.3 is 5.97 Å². The number of rotatable bonds is 5. The molecule has 1 heterocycles. The van der Waals surface area contributed by atoms with Crippen LogP contribution in [0.15, 0.2) is 0 Å². The average molecular weight is 504 g/mol. The van der Waals surface area contributed by atoms with E-state index in [4.69, 9.17) is 4.74 Å². The lowest BCUT2D eigenvalue weighted by molar-refractivity contribution is -0.174. The van der Waals surface area contributed by atoms with E-state index in [0.29, 0.717) is 54.9 Å². The largest absolute Gasteiger partial charge is 0.467 e. The van der Waals surface area contributed by atoms with Crippen LogP contribution < -0.4 is 0 Å². The van der Waals surface area contributed by atoms with Crippen molar-refractivity contribution >= 4 is 11.9 Å². The van der Waals surface area contributed by atoms with Crippen molar-refractivity contribution < 1.29 is 24.5 Å². The molecule has 1 amide bonds. The van der Waals surface area contributed by atoms with Crippen molar-refractivity contribution in [3.8, 4) is 0 Å². The van der Waals surface area contributed by atoms with Crippen molar-refractivity contribution in [2.24, 2.45) is 46.3 Å². The summed E-state index contributed by atoms with van der Waals surface area (Å²) < 4.78 is 4.93. The molecule has 0 aromatic heterocycles. The fourth-order valence-corrected chi connectivity index (χ4v) is 10.3. The van der Waals surface area contributed by atoms with E-state index in [9.17, 15) is 19.8 Å². The van der Waals surface area contributed by atoms with E-state index in [1.165, 1.54) is 32.8 Å². The molecule has 5 rings (SSSR count). The van der Waals surface area contributed by atoms with Gasteiger partial charge in [-0.1, -0.05) is 20.8 Å². The summed E-state index contributed by atoms with van der Waals surface area (Å²) in [6.45, 7) is 7.95. The zero-order chi connectivity index (χ0) is 25.8. The third-order valence-electron chi connectivity index (χ3n) is 12.3. The number of hydrogen-bond acceptors (Lipinski definition) is 5. The highest BCUT2D eigenvalue weighted by Crippen LogP contribution is 2.68. The number of fused-ring (bicyclic) bond motifs is 5. The smallest absolute Gasteiger partial charge is 0.328 e. The van der Waals surface area contributed by atoms with Crippen LogP contribution in [0.3, 0.4) is 0 Å². The average Bonchev–Trinajstić information content (AvgIpc) is 3.47. The van der Waals surface area contributed by atoms with Gasteiger partial charge in [-0.3, -0.25) is 4.79 Å². The molecule has 1 saturated heterocycles. The molecule has 6 heteroatoms. The predicted octanol–water partition coefficient (Wildman–Crippen LogP) is 4.56. The summed E-state index contributed by atoms with van der Waals surface area (Å²) in [6, 6.07) is -0.402. The van der Waals surface area contributed by atoms with Gasteiger partial charge in [0.15, 0.2) is 0 Å². The maximum absolute atomic E-state index is 13.0. The van der Waals surface area contributed by atoms with Crippen molar-refractivity contribution in [2.75, 3.05) is 13.7 Å². The summed E-state index contributed by atoms with van der Waals surface area (Å²) >= 11 is 0. The van der Waals surface area contributed by atoms with Crippen LogP contribution in [-0.4, -0.2) is 58.9 Å². The molecule has 0 bridgehead atoms. The molecule has 1 unspecified atom stereocenters. The summed E-state index contributed by atoms with van der Waals surface area (Å²) in [5, 5.41) is 21.8. The number of amides is 1. The lowest BCUT2D eigenvalue weighted by Gasteiger charge is -2.62. The molecule has 6 nitrogen and oxygen atoms in total.